The van der Waals surface area contributed by atoms with Crippen LogP contribution < -0.4 is 9.47 Å². The van der Waals surface area contributed by atoms with Gasteiger partial charge in [0.25, 0.3) is 11.7 Å². The number of fused-ring (bicyclic) bond motifs is 1. The van der Waals surface area contributed by atoms with Gasteiger partial charge in [-0.1, -0.05) is 6.07 Å². The molecule has 0 spiro atoms. The third-order valence-corrected chi connectivity index (χ3v) is 5.73. The predicted molar refractivity (Wildman–Crippen MR) is 118 cm³/mol. The Balaban J connectivity index is 1.52. The minimum Gasteiger partial charge on any atom is -0.507 e. The molecule has 0 unspecified atom stereocenters. The average molecular weight is 446 g/mol. The van der Waals surface area contributed by atoms with E-state index >= 15 is 0 Å². The highest BCUT2D eigenvalue weighted by Crippen LogP contribution is 2.40. The number of ether oxygens (including phenoxy) is 2. The SMILES string of the molecule is O=C1C(=O)N(CCCn2ccnc2)[C@H](c2cccnc2)C1=C(O)c1ccc2c(c1)OCCO2. The molecule has 0 aliphatic carbocycles. The van der Waals surface area contributed by atoms with Crippen LogP contribution in [-0.4, -0.2) is 56.0 Å². The van der Waals surface area contributed by atoms with Crippen LogP contribution in [0.2, 0.25) is 0 Å². The summed E-state index contributed by atoms with van der Waals surface area (Å²) in [4.78, 5) is 35.8. The number of ketones is 1. The maximum atomic E-state index is 13.1. The Morgan fingerprint density at radius 1 is 1.06 bits per heavy atom. The van der Waals surface area contributed by atoms with Gasteiger partial charge in [-0.2, -0.15) is 0 Å². The van der Waals surface area contributed by atoms with Crippen LogP contribution >= 0.6 is 0 Å². The van der Waals surface area contributed by atoms with Crippen molar-refractivity contribution in [1.82, 2.24) is 19.4 Å². The van der Waals surface area contributed by atoms with Crippen molar-refractivity contribution >= 4 is 17.4 Å². The first-order valence-corrected chi connectivity index (χ1v) is 10.7. The van der Waals surface area contributed by atoms with Crippen LogP contribution in [0.5, 0.6) is 11.5 Å². The molecule has 168 valence electrons. The fourth-order valence-corrected chi connectivity index (χ4v) is 4.18. The first kappa shape index (κ1) is 20.7. The van der Waals surface area contributed by atoms with Crippen LogP contribution in [0.25, 0.3) is 5.76 Å². The van der Waals surface area contributed by atoms with Gasteiger partial charge in [0.1, 0.15) is 19.0 Å². The van der Waals surface area contributed by atoms with E-state index in [1.807, 2.05) is 10.8 Å². The van der Waals surface area contributed by atoms with E-state index in [9.17, 15) is 14.7 Å². The Bertz CT molecular complexity index is 1210. The summed E-state index contributed by atoms with van der Waals surface area (Å²) in [5.41, 5.74) is 1.07. The number of Topliss-reactive ketones (excluding diaryl/α,β-unsaturated/α-hetero) is 1. The van der Waals surface area contributed by atoms with Gasteiger partial charge in [0.05, 0.1) is 17.9 Å². The first-order valence-electron chi connectivity index (χ1n) is 10.7. The molecule has 1 aromatic carbocycles. The summed E-state index contributed by atoms with van der Waals surface area (Å²) in [6, 6.07) is 7.75. The number of hydrogen-bond acceptors (Lipinski definition) is 7. The van der Waals surface area contributed by atoms with Crippen molar-refractivity contribution in [2.45, 2.75) is 19.0 Å². The van der Waals surface area contributed by atoms with Crippen LogP contribution in [-0.2, 0) is 16.1 Å². The second kappa shape index (κ2) is 8.78. The monoisotopic (exact) mass is 446 g/mol. The quantitative estimate of drug-likeness (QED) is 0.352. The minimum atomic E-state index is -0.741. The fraction of sp³-hybridized carbons (Fsp3) is 0.250. The lowest BCUT2D eigenvalue weighted by Crippen LogP contribution is -2.31. The molecule has 2 aromatic heterocycles. The van der Waals surface area contributed by atoms with E-state index in [-0.39, 0.29) is 11.3 Å². The largest absolute Gasteiger partial charge is 0.507 e. The lowest BCUT2D eigenvalue weighted by molar-refractivity contribution is -0.139. The standard InChI is InChI=1S/C24H22N4O5/c29-22(16-4-5-18-19(13-16)33-12-11-32-18)20-21(17-3-1-6-25-14-17)28(24(31)23(20)30)9-2-8-27-10-7-26-15-27/h1,3-7,10,13-15,21,29H,2,8-9,11-12H2/t21-/m1/s1. The third kappa shape index (κ3) is 3.93. The number of benzene rings is 1. The number of carbonyl (C=O) groups excluding carboxylic acids is 2. The molecule has 9 heteroatoms. The Morgan fingerprint density at radius 2 is 1.91 bits per heavy atom. The van der Waals surface area contributed by atoms with Crippen molar-refractivity contribution in [1.29, 1.82) is 0 Å². The van der Waals surface area contributed by atoms with E-state index < -0.39 is 17.7 Å². The van der Waals surface area contributed by atoms with Gasteiger partial charge < -0.3 is 24.0 Å². The van der Waals surface area contributed by atoms with Gasteiger partial charge in [-0.3, -0.25) is 14.6 Å². The maximum Gasteiger partial charge on any atom is 0.295 e. The lowest BCUT2D eigenvalue weighted by Gasteiger charge is -2.25. The fourth-order valence-electron chi connectivity index (χ4n) is 4.18. The molecule has 9 nitrogen and oxygen atoms in total. The first-order chi connectivity index (χ1) is 16.1. The summed E-state index contributed by atoms with van der Waals surface area (Å²) in [6.07, 6.45) is 9.08. The predicted octanol–water partition coefficient (Wildman–Crippen LogP) is 2.56. The molecule has 33 heavy (non-hydrogen) atoms. The summed E-state index contributed by atoms with van der Waals surface area (Å²) >= 11 is 0. The second-order valence-corrected chi connectivity index (χ2v) is 7.79. The number of nitrogens with zero attached hydrogens (tertiary/aromatic N) is 4. The number of imidazole rings is 1. The number of amides is 1. The molecule has 3 aromatic rings. The van der Waals surface area contributed by atoms with Crippen LogP contribution in [0.1, 0.15) is 23.6 Å². The van der Waals surface area contributed by atoms with E-state index in [0.717, 1.165) is 0 Å². The van der Waals surface area contributed by atoms with Crippen molar-refractivity contribution in [3.63, 3.8) is 0 Å². The number of pyridine rings is 1. The van der Waals surface area contributed by atoms with Crippen molar-refractivity contribution in [3.05, 3.63) is 78.1 Å². The zero-order chi connectivity index (χ0) is 22.8. The van der Waals surface area contributed by atoms with Gasteiger partial charge in [-0.05, 0) is 36.2 Å². The summed E-state index contributed by atoms with van der Waals surface area (Å²) in [5, 5.41) is 11.2. The van der Waals surface area contributed by atoms with Crippen LogP contribution in [0.15, 0.2) is 67.0 Å². The number of hydrogen-bond donors (Lipinski definition) is 1. The van der Waals surface area contributed by atoms with Crippen molar-refractivity contribution in [2.24, 2.45) is 0 Å². The molecule has 1 amide bonds. The molecule has 1 saturated heterocycles. The van der Waals surface area contributed by atoms with Gasteiger partial charge in [0, 0.05) is 43.4 Å². The molecule has 1 fully saturated rings. The summed E-state index contributed by atoms with van der Waals surface area (Å²) < 4.78 is 13.1. The van der Waals surface area contributed by atoms with E-state index in [4.69, 9.17) is 9.47 Å². The van der Waals surface area contributed by atoms with Crippen molar-refractivity contribution < 1.29 is 24.2 Å². The number of aromatic nitrogens is 3. The maximum absolute atomic E-state index is 13.1. The van der Waals surface area contributed by atoms with Gasteiger partial charge in [0.2, 0.25) is 0 Å². The number of rotatable bonds is 6. The van der Waals surface area contributed by atoms with Gasteiger partial charge in [-0.25, -0.2) is 4.98 Å². The van der Waals surface area contributed by atoms with E-state index in [1.54, 1.807) is 55.2 Å². The molecule has 0 saturated carbocycles. The number of aliphatic hydroxyl groups excluding tert-OH is 1. The summed E-state index contributed by atoms with van der Waals surface area (Å²) in [5.74, 6) is -0.567. The summed E-state index contributed by atoms with van der Waals surface area (Å²) in [6.45, 7) is 1.82. The highest BCUT2D eigenvalue weighted by Gasteiger charge is 2.46. The molecule has 0 radical (unpaired) electrons. The molecule has 2 aliphatic rings. The zero-order valence-corrected chi connectivity index (χ0v) is 17.8. The summed E-state index contributed by atoms with van der Waals surface area (Å²) in [7, 11) is 0. The Hall–Kier alpha value is -4.14. The Kier molecular flexibility index (Phi) is 5.52. The normalized spacial score (nSPS) is 19.2. The van der Waals surface area contributed by atoms with Gasteiger partial charge in [-0.15, -0.1) is 0 Å². The molecular weight excluding hydrogens is 424 g/mol. The average Bonchev–Trinajstić information content (AvgIpc) is 3.46. The number of carbonyl (C=O) groups is 2. The lowest BCUT2D eigenvalue weighted by atomic mass is 9.96. The molecule has 1 N–H and O–H groups in total. The highest BCUT2D eigenvalue weighted by molar-refractivity contribution is 6.46. The molecule has 2 aliphatic heterocycles. The topological polar surface area (TPSA) is 107 Å². The van der Waals surface area contributed by atoms with Gasteiger partial charge in [0.15, 0.2) is 11.5 Å². The number of likely N-dealkylation sites (tertiary alicyclic amines) is 1. The molecule has 5 rings (SSSR count). The molecule has 1 atom stereocenters. The minimum absolute atomic E-state index is 0.0345. The zero-order valence-electron chi connectivity index (χ0n) is 17.8. The second-order valence-electron chi connectivity index (χ2n) is 7.79. The molecule has 0 bridgehead atoms. The van der Waals surface area contributed by atoms with Crippen LogP contribution in [0.3, 0.4) is 0 Å². The number of aryl methyl sites for hydroxylation is 1. The smallest absolute Gasteiger partial charge is 0.295 e. The van der Waals surface area contributed by atoms with E-state index in [2.05, 4.69) is 9.97 Å². The van der Waals surface area contributed by atoms with E-state index in [0.29, 0.717) is 55.4 Å². The van der Waals surface area contributed by atoms with E-state index in [1.165, 1.54) is 4.90 Å². The van der Waals surface area contributed by atoms with Gasteiger partial charge >= 0.3 is 0 Å². The third-order valence-electron chi connectivity index (χ3n) is 5.73. The van der Waals surface area contributed by atoms with Crippen molar-refractivity contribution in [2.75, 3.05) is 19.8 Å². The van der Waals surface area contributed by atoms with Crippen LogP contribution in [0.4, 0.5) is 0 Å². The van der Waals surface area contributed by atoms with Crippen LogP contribution in [0, 0.1) is 0 Å². The Labute approximate surface area is 189 Å². The molecular formula is C24H22N4O5. The Morgan fingerprint density at radius 3 is 2.67 bits per heavy atom. The highest BCUT2D eigenvalue weighted by atomic mass is 16.6. The molecule has 4 heterocycles. The number of aliphatic hydroxyl groups is 1. The van der Waals surface area contributed by atoms with Crippen molar-refractivity contribution in [3.8, 4) is 11.5 Å².